The number of halogens is 1. The molecule has 1 aliphatic carbocycles. The first-order chi connectivity index (χ1) is 9.76. The topological polar surface area (TPSA) is 41.1 Å². The van der Waals surface area contributed by atoms with Gasteiger partial charge in [0.15, 0.2) is 0 Å². The second-order valence-corrected chi connectivity index (χ2v) is 7.01. The first-order valence-electron chi connectivity index (χ1n) is 7.59. The van der Waals surface area contributed by atoms with Gasteiger partial charge < -0.3 is 10.6 Å². The molecule has 0 spiro atoms. The van der Waals surface area contributed by atoms with Crippen molar-refractivity contribution in [1.29, 1.82) is 0 Å². The molecule has 1 unspecified atom stereocenters. The molecule has 1 amide bonds. The summed E-state index contributed by atoms with van der Waals surface area (Å²) in [5.74, 6) is 0.151. The van der Waals surface area contributed by atoms with Crippen LogP contribution >= 0.6 is 0 Å². The van der Waals surface area contributed by atoms with E-state index >= 15 is 0 Å². The standard InChI is InChI=1S/C17H25FN2O/c1-11(16(21)20-17(2,3)4)19-13-9-12(10-13)14-7-5-6-8-15(14)18/h5-8,11-13,19H,9-10H2,1-4H3,(H,20,21). The van der Waals surface area contributed by atoms with Crippen molar-refractivity contribution in [2.75, 3.05) is 0 Å². The maximum atomic E-state index is 13.7. The van der Waals surface area contributed by atoms with Gasteiger partial charge in [0.1, 0.15) is 5.82 Å². The molecule has 0 saturated heterocycles. The fraction of sp³-hybridized carbons (Fsp3) is 0.588. The molecule has 116 valence electrons. The lowest BCUT2D eigenvalue weighted by Crippen LogP contribution is -2.54. The van der Waals surface area contributed by atoms with Crippen molar-refractivity contribution in [3.05, 3.63) is 35.6 Å². The Balaban J connectivity index is 1.80. The number of rotatable bonds is 4. The average Bonchev–Trinajstić information content (AvgIpc) is 2.32. The molecule has 21 heavy (non-hydrogen) atoms. The van der Waals surface area contributed by atoms with E-state index in [0.29, 0.717) is 0 Å². The fourth-order valence-corrected chi connectivity index (χ4v) is 2.72. The van der Waals surface area contributed by atoms with Crippen LogP contribution in [0.3, 0.4) is 0 Å². The van der Waals surface area contributed by atoms with Crippen LogP contribution in [0, 0.1) is 5.82 Å². The number of amides is 1. The molecule has 3 nitrogen and oxygen atoms in total. The van der Waals surface area contributed by atoms with E-state index in [4.69, 9.17) is 0 Å². The second kappa shape index (κ2) is 6.14. The lowest BCUT2D eigenvalue weighted by molar-refractivity contribution is -0.124. The minimum absolute atomic E-state index is 0.0110. The lowest BCUT2D eigenvalue weighted by Gasteiger charge is -2.38. The maximum absolute atomic E-state index is 13.7. The summed E-state index contributed by atoms with van der Waals surface area (Å²) in [6, 6.07) is 7.01. The predicted molar refractivity (Wildman–Crippen MR) is 82.7 cm³/mol. The third kappa shape index (κ3) is 4.27. The molecule has 1 aromatic carbocycles. The minimum atomic E-state index is -0.226. The second-order valence-electron chi connectivity index (χ2n) is 7.01. The van der Waals surface area contributed by atoms with Crippen LogP contribution < -0.4 is 10.6 Å². The van der Waals surface area contributed by atoms with Crippen molar-refractivity contribution in [3.8, 4) is 0 Å². The van der Waals surface area contributed by atoms with E-state index < -0.39 is 0 Å². The summed E-state index contributed by atoms with van der Waals surface area (Å²) in [6.07, 6.45) is 1.77. The summed E-state index contributed by atoms with van der Waals surface area (Å²) in [7, 11) is 0. The van der Waals surface area contributed by atoms with Crippen molar-refractivity contribution in [1.82, 2.24) is 10.6 Å². The highest BCUT2D eigenvalue weighted by atomic mass is 19.1. The van der Waals surface area contributed by atoms with Gasteiger partial charge in [0.2, 0.25) is 5.91 Å². The van der Waals surface area contributed by atoms with E-state index in [-0.39, 0.29) is 35.3 Å². The third-order valence-electron chi connectivity index (χ3n) is 3.86. The van der Waals surface area contributed by atoms with Crippen LogP contribution in [0.25, 0.3) is 0 Å². The van der Waals surface area contributed by atoms with E-state index in [1.54, 1.807) is 6.07 Å². The van der Waals surface area contributed by atoms with Gasteiger partial charge in [-0.3, -0.25) is 4.79 Å². The number of carbonyl (C=O) groups is 1. The Bertz CT molecular complexity index is 504. The van der Waals surface area contributed by atoms with Gasteiger partial charge in [-0.25, -0.2) is 4.39 Å². The third-order valence-corrected chi connectivity index (χ3v) is 3.86. The van der Waals surface area contributed by atoms with Crippen molar-refractivity contribution in [2.24, 2.45) is 0 Å². The molecule has 1 aliphatic rings. The van der Waals surface area contributed by atoms with Gasteiger partial charge in [0, 0.05) is 11.6 Å². The van der Waals surface area contributed by atoms with Crippen LogP contribution in [-0.2, 0) is 4.79 Å². The normalized spacial score (nSPS) is 23.3. The number of hydrogen-bond donors (Lipinski definition) is 2. The van der Waals surface area contributed by atoms with Crippen LogP contribution in [0.4, 0.5) is 4.39 Å². The molecule has 1 aromatic rings. The zero-order valence-electron chi connectivity index (χ0n) is 13.2. The molecule has 2 N–H and O–H groups in total. The van der Waals surface area contributed by atoms with E-state index in [1.165, 1.54) is 6.07 Å². The molecular formula is C17H25FN2O. The molecule has 0 radical (unpaired) electrons. The summed E-state index contributed by atoms with van der Waals surface area (Å²) in [4.78, 5) is 12.0. The van der Waals surface area contributed by atoms with E-state index in [2.05, 4.69) is 10.6 Å². The van der Waals surface area contributed by atoms with E-state index in [9.17, 15) is 9.18 Å². The number of nitrogens with one attached hydrogen (secondary N) is 2. The highest BCUT2D eigenvalue weighted by molar-refractivity contribution is 5.81. The molecule has 0 bridgehead atoms. The van der Waals surface area contributed by atoms with Crippen LogP contribution in [0.5, 0.6) is 0 Å². The molecule has 2 rings (SSSR count). The first-order valence-corrected chi connectivity index (χ1v) is 7.59. The summed E-state index contributed by atoms with van der Waals surface area (Å²) in [5.41, 5.74) is 0.574. The van der Waals surface area contributed by atoms with Gasteiger partial charge in [-0.15, -0.1) is 0 Å². The highest BCUT2D eigenvalue weighted by Crippen LogP contribution is 2.38. The Morgan fingerprint density at radius 3 is 2.48 bits per heavy atom. The Kier molecular flexibility index (Phi) is 4.67. The molecule has 0 aromatic heterocycles. The monoisotopic (exact) mass is 292 g/mol. The zero-order valence-corrected chi connectivity index (χ0v) is 13.2. The van der Waals surface area contributed by atoms with Gasteiger partial charge in [-0.05, 0) is 58.1 Å². The van der Waals surface area contributed by atoms with E-state index in [0.717, 1.165) is 18.4 Å². The van der Waals surface area contributed by atoms with Gasteiger partial charge in [0.25, 0.3) is 0 Å². The Morgan fingerprint density at radius 1 is 1.29 bits per heavy atom. The summed E-state index contributed by atoms with van der Waals surface area (Å²) >= 11 is 0. The molecule has 4 heteroatoms. The minimum Gasteiger partial charge on any atom is -0.350 e. The van der Waals surface area contributed by atoms with Crippen molar-refractivity contribution in [3.63, 3.8) is 0 Å². The summed E-state index contributed by atoms with van der Waals surface area (Å²) in [6.45, 7) is 7.77. The Labute approximate surface area is 126 Å². The SMILES string of the molecule is CC(NC1CC(c2ccccc2F)C1)C(=O)NC(C)(C)C. The first kappa shape index (κ1) is 16.0. The van der Waals surface area contributed by atoms with Gasteiger partial charge in [-0.2, -0.15) is 0 Å². The number of benzene rings is 1. The van der Waals surface area contributed by atoms with Crippen LogP contribution in [0.1, 0.15) is 52.0 Å². The van der Waals surface area contributed by atoms with Gasteiger partial charge >= 0.3 is 0 Å². The molecule has 1 atom stereocenters. The van der Waals surface area contributed by atoms with Crippen molar-refractivity contribution >= 4 is 5.91 Å². The Hall–Kier alpha value is -1.42. The van der Waals surface area contributed by atoms with Crippen LogP contribution in [0.15, 0.2) is 24.3 Å². The Morgan fingerprint density at radius 2 is 1.90 bits per heavy atom. The van der Waals surface area contributed by atoms with Crippen molar-refractivity contribution in [2.45, 2.75) is 64.1 Å². The van der Waals surface area contributed by atoms with Crippen molar-refractivity contribution < 1.29 is 9.18 Å². The largest absolute Gasteiger partial charge is 0.350 e. The summed E-state index contributed by atoms with van der Waals surface area (Å²) in [5, 5.41) is 6.29. The maximum Gasteiger partial charge on any atom is 0.237 e. The molecule has 1 fully saturated rings. The average molecular weight is 292 g/mol. The molecule has 0 heterocycles. The molecular weight excluding hydrogens is 267 g/mol. The zero-order chi connectivity index (χ0) is 15.6. The molecule has 0 aliphatic heterocycles. The van der Waals surface area contributed by atoms with Gasteiger partial charge in [0.05, 0.1) is 6.04 Å². The quantitative estimate of drug-likeness (QED) is 0.896. The predicted octanol–water partition coefficient (Wildman–Crippen LogP) is 2.96. The highest BCUT2D eigenvalue weighted by Gasteiger charge is 2.33. The number of hydrogen-bond acceptors (Lipinski definition) is 2. The fourth-order valence-electron chi connectivity index (χ4n) is 2.72. The van der Waals surface area contributed by atoms with Crippen LogP contribution in [-0.4, -0.2) is 23.5 Å². The molecule has 1 saturated carbocycles. The van der Waals surface area contributed by atoms with Gasteiger partial charge in [-0.1, -0.05) is 18.2 Å². The summed E-state index contributed by atoms with van der Waals surface area (Å²) < 4.78 is 13.7. The number of carbonyl (C=O) groups excluding carboxylic acids is 1. The van der Waals surface area contributed by atoms with Crippen LogP contribution in [0.2, 0.25) is 0 Å². The smallest absolute Gasteiger partial charge is 0.237 e. The van der Waals surface area contributed by atoms with E-state index in [1.807, 2.05) is 39.8 Å². The lowest BCUT2D eigenvalue weighted by atomic mass is 9.75.